The van der Waals surface area contributed by atoms with Crippen molar-refractivity contribution in [3.8, 4) is 11.5 Å². The second-order valence-corrected chi connectivity index (χ2v) is 8.72. The van der Waals surface area contributed by atoms with Gasteiger partial charge in [-0.3, -0.25) is 9.52 Å². The summed E-state index contributed by atoms with van der Waals surface area (Å²) >= 11 is 6.27. The fraction of sp³-hybridized carbons (Fsp3) is 0.136. The van der Waals surface area contributed by atoms with Gasteiger partial charge in [0.1, 0.15) is 11.5 Å². The van der Waals surface area contributed by atoms with E-state index < -0.39 is 15.9 Å². The zero-order valence-corrected chi connectivity index (χ0v) is 18.7. The second kappa shape index (κ2) is 9.28. The summed E-state index contributed by atoms with van der Waals surface area (Å²) in [6, 6.07) is 15.7. The third-order valence-electron chi connectivity index (χ3n) is 4.45. The average molecular weight is 461 g/mol. The number of hydrogen-bond acceptors (Lipinski definition) is 5. The van der Waals surface area contributed by atoms with Crippen molar-refractivity contribution in [2.75, 3.05) is 24.3 Å². The number of hydrogen-bond donors (Lipinski definition) is 2. The maximum absolute atomic E-state index is 12.7. The molecule has 0 atom stereocenters. The van der Waals surface area contributed by atoms with Gasteiger partial charge in [-0.2, -0.15) is 0 Å². The molecule has 0 saturated carbocycles. The van der Waals surface area contributed by atoms with Crippen molar-refractivity contribution < 1.29 is 22.7 Å². The normalized spacial score (nSPS) is 11.0. The van der Waals surface area contributed by atoms with Crippen LogP contribution in [-0.2, 0) is 10.0 Å². The standard InChI is InChI=1S/C22H21ClN2O5S/c1-14-4-8-17(9-5-14)31(27,28)25-15-6-10-18(19(23)12-15)22(26)24-20-13-16(29-2)7-11-21(20)30-3/h4-13,25H,1-3H3,(H,24,26). The molecule has 2 N–H and O–H groups in total. The number of carbonyl (C=O) groups excluding carboxylic acids is 1. The van der Waals surface area contributed by atoms with Crippen molar-refractivity contribution in [1.29, 1.82) is 0 Å². The van der Waals surface area contributed by atoms with E-state index in [0.717, 1.165) is 5.56 Å². The number of methoxy groups -OCH3 is 2. The highest BCUT2D eigenvalue weighted by atomic mass is 35.5. The molecule has 0 aliphatic heterocycles. The Hall–Kier alpha value is -3.23. The largest absolute Gasteiger partial charge is 0.497 e. The number of amides is 1. The summed E-state index contributed by atoms with van der Waals surface area (Å²) in [5.41, 5.74) is 1.77. The molecule has 0 spiro atoms. The first-order chi connectivity index (χ1) is 14.7. The lowest BCUT2D eigenvalue weighted by Gasteiger charge is -2.13. The molecule has 0 aromatic heterocycles. The van der Waals surface area contributed by atoms with Gasteiger partial charge in [0, 0.05) is 6.07 Å². The van der Waals surface area contributed by atoms with Crippen LogP contribution in [0.5, 0.6) is 11.5 Å². The zero-order chi connectivity index (χ0) is 22.6. The molecule has 3 aromatic rings. The minimum Gasteiger partial charge on any atom is -0.497 e. The van der Waals surface area contributed by atoms with Crippen molar-refractivity contribution in [3.05, 3.63) is 76.8 Å². The van der Waals surface area contributed by atoms with Crippen LogP contribution in [-0.4, -0.2) is 28.5 Å². The first-order valence-corrected chi connectivity index (χ1v) is 11.0. The summed E-state index contributed by atoms with van der Waals surface area (Å²) in [7, 11) is -0.785. The SMILES string of the molecule is COc1ccc(OC)c(NC(=O)c2ccc(NS(=O)(=O)c3ccc(C)cc3)cc2Cl)c1. The van der Waals surface area contributed by atoms with Crippen LogP contribution >= 0.6 is 11.6 Å². The molecule has 3 rings (SSSR count). The van der Waals surface area contributed by atoms with Gasteiger partial charge in [-0.15, -0.1) is 0 Å². The molecule has 0 bridgehead atoms. The van der Waals surface area contributed by atoms with Gasteiger partial charge in [0.25, 0.3) is 15.9 Å². The number of anilines is 2. The number of halogens is 1. The predicted octanol–water partition coefficient (Wildman–Crippen LogP) is 4.72. The third-order valence-corrected chi connectivity index (χ3v) is 6.16. The van der Waals surface area contributed by atoms with Crippen molar-refractivity contribution in [1.82, 2.24) is 0 Å². The summed E-state index contributed by atoms with van der Waals surface area (Å²) in [5.74, 6) is 0.514. The van der Waals surface area contributed by atoms with Gasteiger partial charge in [-0.1, -0.05) is 29.3 Å². The Morgan fingerprint density at radius 2 is 1.65 bits per heavy atom. The fourth-order valence-corrected chi connectivity index (χ4v) is 4.11. The van der Waals surface area contributed by atoms with Crippen LogP contribution in [0.2, 0.25) is 5.02 Å². The van der Waals surface area contributed by atoms with E-state index in [1.807, 2.05) is 6.92 Å². The molecule has 1 amide bonds. The minimum absolute atomic E-state index is 0.0865. The summed E-state index contributed by atoms with van der Waals surface area (Å²) in [5, 5.41) is 2.81. The maximum Gasteiger partial charge on any atom is 0.261 e. The molecule has 0 unspecified atom stereocenters. The predicted molar refractivity (Wildman–Crippen MR) is 121 cm³/mol. The van der Waals surface area contributed by atoms with Crippen LogP contribution in [0.15, 0.2) is 65.6 Å². The summed E-state index contributed by atoms with van der Waals surface area (Å²) in [4.78, 5) is 12.8. The number of benzene rings is 3. The Labute approximate surface area is 186 Å². The topological polar surface area (TPSA) is 93.7 Å². The summed E-state index contributed by atoms with van der Waals surface area (Å²) in [6.07, 6.45) is 0. The maximum atomic E-state index is 12.7. The molecule has 0 fully saturated rings. The highest BCUT2D eigenvalue weighted by Gasteiger charge is 2.17. The first-order valence-electron chi connectivity index (χ1n) is 9.16. The molecular formula is C22H21ClN2O5S. The molecule has 31 heavy (non-hydrogen) atoms. The lowest BCUT2D eigenvalue weighted by Crippen LogP contribution is -2.15. The van der Waals surface area contributed by atoms with Gasteiger partial charge < -0.3 is 14.8 Å². The highest BCUT2D eigenvalue weighted by molar-refractivity contribution is 7.92. The van der Waals surface area contributed by atoms with E-state index in [1.54, 1.807) is 30.3 Å². The molecule has 162 valence electrons. The van der Waals surface area contributed by atoms with E-state index >= 15 is 0 Å². The number of aryl methyl sites for hydroxylation is 1. The Morgan fingerprint density at radius 1 is 0.935 bits per heavy atom. The molecule has 9 heteroatoms. The number of sulfonamides is 1. The van der Waals surface area contributed by atoms with E-state index in [4.69, 9.17) is 21.1 Å². The quantitative estimate of drug-likeness (QED) is 0.532. The molecule has 0 saturated heterocycles. The Kier molecular flexibility index (Phi) is 6.72. The van der Waals surface area contributed by atoms with Gasteiger partial charge in [-0.05, 0) is 49.4 Å². The van der Waals surface area contributed by atoms with Crippen LogP contribution < -0.4 is 19.5 Å². The molecule has 7 nitrogen and oxygen atoms in total. The van der Waals surface area contributed by atoms with Gasteiger partial charge >= 0.3 is 0 Å². The molecular weight excluding hydrogens is 440 g/mol. The number of rotatable bonds is 7. The molecule has 0 aliphatic rings. The molecule has 0 radical (unpaired) electrons. The second-order valence-electron chi connectivity index (χ2n) is 6.63. The van der Waals surface area contributed by atoms with E-state index in [9.17, 15) is 13.2 Å². The Bertz CT molecular complexity index is 1210. The smallest absolute Gasteiger partial charge is 0.261 e. The summed E-state index contributed by atoms with van der Waals surface area (Å²) in [6.45, 7) is 1.87. The number of carbonyl (C=O) groups is 1. The fourth-order valence-electron chi connectivity index (χ4n) is 2.80. The van der Waals surface area contributed by atoms with E-state index in [1.165, 1.54) is 44.6 Å². The highest BCUT2D eigenvalue weighted by Crippen LogP contribution is 2.30. The van der Waals surface area contributed by atoms with Crippen molar-refractivity contribution in [2.24, 2.45) is 0 Å². The number of nitrogens with one attached hydrogen (secondary N) is 2. The van der Waals surface area contributed by atoms with Crippen LogP contribution in [0.4, 0.5) is 11.4 Å². The molecule has 3 aromatic carbocycles. The van der Waals surface area contributed by atoms with Gasteiger partial charge in [0.15, 0.2) is 0 Å². The van der Waals surface area contributed by atoms with Gasteiger partial charge in [0.2, 0.25) is 0 Å². The Balaban J connectivity index is 1.81. The summed E-state index contributed by atoms with van der Waals surface area (Å²) < 4.78 is 38.0. The van der Waals surface area contributed by atoms with Crippen molar-refractivity contribution in [3.63, 3.8) is 0 Å². The van der Waals surface area contributed by atoms with E-state index in [-0.39, 0.29) is 21.2 Å². The van der Waals surface area contributed by atoms with Crippen molar-refractivity contribution in [2.45, 2.75) is 11.8 Å². The average Bonchev–Trinajstić information content (AvgIpc) is 2.73. The van der Waals surface area contributed by atoms with Gasteiger partial charge in [0.05, 0.1) is 41.1 Å². The zero-order valence-electron chi connectivity index (χ0n) is 17.1. The van der Waals surface area contributed by atoms with Crippen molar-refractivity contribution >= 4 is 38.9 Å². The first kappa shape index (κ1) is 22.5. The molecule has 0 heterocycles. The monoisotopic (exact) mass is 460 g/mol. The van der Waals surface area contributed by atoms with Crippen LogP contribution in [0.1, 0.15) is 15.9 Å². The molecule has 0 aliphatic carbocycles. The number of ether oxygens (including phenoxy) is 2. The van der Waals surface area contributed by atoms with E-state index in [0.29, 0.717) is 17.2 Å². The minimum atomic E-state index is -3.78. The van der Waals surface area contributed by atoms with Gasteiger partial charge in [-0.25, -0.2) is 8.42 Å². The van der Waals surface area contributed by atoms with Crippen LogP contribution in [0.25, 0.3) is 0 Å². The lowest BCUT2D eigenvalue weighted by atomic mass is 10.2. The third kappa shape index (κ3) is 5.28. The van der Waals surface area contributed by atoms with E-state index in [2.05, 4.69) is 10.0 Å². The van der Waals surface area contributed by atoms with Crippen LogP contribution in [0.3, 0.4) is 0 Å². The van der Waals surface area contributed by atoms with Crippen LogP contribution in [0, 0.1) is 6.92 Å². The lowest BCUT2D eigenvalue weighted by molar-refractivity contribution is 0.102. The Morgan fingerprint density at radius 3 is 2.26 bits per heavy atom.